The Hall–Kier alpha value is -2.15. The highest BCUT2D eigenvalue weighted by Gasteiger charge is 2.16. The zero-order valence-electron chi connectivity index (χ0n) is 8.76. The van der Waals surface area contributed by atoms with Gasteiger partial charge in [0.05, 0.1) is 5.56 Å². The first-order chi connectivity index (χ1) is 7.81. The molecule has 0 radical (unpaired) electrons. The Labute approximate surface area is 93.8 Å². The Kier molecular flexibility index (Phi) is 2.97. The molecule has 2 rings (SSSR count). The van der Waals surface area contributed by atoms with E-state index >= 15 is 0 Å². The second-order valence-electron chi connectivity index (χ2n) is 3.56. The number of aromatic nitrogens is 1. The van der Waals surface area contributed by atoms with Crippen LogP contribution in [0.1, 0.15) is 22.5 Å². The number of pyridine rings is 1. The smallest absolute Gasteiger partial charge is 0.272 e. The van der Waals surface area contributed by atoms with Crippen molar-refractivity contribution in [2.75, 3.05) is 13.1 Å². The fraction of sp³-hybridized carbons (Fsp3) is 0.250. The van der Waals surface area contributed by atoms with Gasteiger partial charge in [-0.25, -0.2) is 4.98 Å². The third-order valence-electron chi connectivity index (χ3n) is 2.46. The summed E-state index contributed by atoms with van der Waals surface area (Å²) in [5, 5.41) is 8.62. The van der Waals surface area contributed by atoms with Crippen molar-refractivity contribution in [1.29, 1.82) is 5.26 Å². The lowest BCUT2D eigenvalue weighted by Gasteiger charge is -2.22. The highest BCUT2D eigenvalue weighted by Crippen LogP contribution is 2.07. The van der Waals surface area contributed by atoms with Crippen molar-refractivity contribution in [3.63, 3.8) is 0 Å². The molecule has 0 aromatic carbocycles. The zero-order valence-corrected chi connectivity index (χ0v) is 8.76. The van der Waals surface area contributed by atoms with Crippen molar-refractivity contribution in [2.24, 2.45) is 0 Å². The molecule has 0 saturated heterocycles. The molecular formula is C12H11N3O. The Morgan fingerprint density at radius 1 is 1.44 bits per heavy atom. The fourth-order valence-corrected chi connectivity index (χ4v) is 1.57. The van der Waals surface area contributed by atoms with Crippen LogP contribution < -0.4 is 0 Å². The lowest BCUT2D eigenvalue weighted by molar-refractivity contribution is 0.0765. The van der Waals surface area contributed by atoms with E-state index in [0.717, 1.165) is 13.0 Å². The van der Waals surface area contributed by atoms with Crippen LogP contribution >= 0.6 is 0 Å². The molecule has 0 aliphatic carbocycles. The van der Waals surface area contributed by atoms with Crippen molar-refractivity contribution in [3.8, 4) is 6.07 Å². The van der Waals surface area contributed by atoms with E-state index < -0.39 is 0 Å². The fourth-order valence-electron chi connectivity index (χ4n) is 1.57. The van der Waals surface area contributed by atoms with E-state index in [1.54, 1.807) is 17.0 Å². The van der Waals surface area contributed by atoms with Gasteiger partial charge in [-0.3, -0.25) is 4.79 Å². The van der Waals surface area contributed by atoms with E-state index in [1.165, 1.54) is 6.20 Å². The number of carbonyl (C=O) groups is 1. The van der Waals surface area contributed by atoms with Crippen LogP contribution in [0.15, 0.2) is 30.5 Å². The van der Waals surface area contributed by atoms with Crippen molar-refractivity contribution in [3.05, 3.63) is 41.7 Å². The molecule has 4 heteroatoms. The highest BCUT2D eigenvalue weighted by molar-refractivity contribution is 5.92. The zero-order chi connectivity index (χ0) is 11.4. The van der Waals surface area contributed by atoms with E-state index in [2.05, 4.69) is 11.1 Å². The van der Waals surface area contributed by atoms with Crippen molar-refractivity contribution >= 4 is 5.91 Å². The molecule has 1 amide bonds. The van der Waals surface area contributed by atoms with Gasteiger partial charge >= 0.3 is 0 Å². The van der Waals surface area contributed by atoms with Gasteiger partial charge in [0.15, 0.2) is 0 Å². The Bertz CT molecular complexity index is 456. The Balaban J connectivity index is 2.14. The predicted molar refractivity (Wildman–Crippen MR) is 58.6 cm³/mol. The van der Waals surface area contributed by atoms with E-state index in [1.807, 2.05) is 12.1 Å². The molecule has 0 N–H and O–H groups in total. The van der Waals surface area contributed by atoms with Crippen molar-refractivity contribution in [1.82, 2.24) is 9.88 Å². The molecule has 0 spiro atoms. The summed E-state index contributed by atoms with van der Waals surface area (Å²) in [7, 11) is 0. The predicted octanol–water partition coefficient (Wildman–Crippen LogP) is 1.36. The summed E-state index contributed by atoms with van der Waals surface area (Å²) in [6, 6.07) is 5.18. The first kappa shape index (κ1) is 10.4. The van der Waals surface area contributed by atoms with Gasteiger partial charge < -0.3 is 4.90 Å². The molecule has 0 unspecified atom stereocenters. The average Bonchev–Trinajstić information content (AvgIpc) is 2.39. The monoisotopic (exact) mass is 213 g/mol. The first-order valence-corrected chi connectivity index (χ1v) is 5.11. The van der Waals surface area contributed by atoms with E-state index in [9.17, 15) is 4.79 Å². The van der Waals surface area contributed by atoms with Crippen molar-refractivity contribution < 1.29 is 4.79 Å². The molecule has 1 aromatic rings. The number of nitriles is 1. The second kappa shape index (κ2) is 4.58. The largest absolute Gasteiger partial charge is 0.333 e. The standard InChI is InChI=1S/C12H11N3O/c13-8-10-4-5-11(14-9-10)12(16)15-6-2-1-3-7-15/h1-2,4-5,9H,3,6-7H2. The van der Waals surface area contributed by atoms with Crippen molar-refractivity contribution in [2.45, 2.75) is 6.42 Å². The van der Waals surface area contributed by atoms with Gasteiger partial charge in [-0.2, -0.15) is 5.26 Å². The van der Waals surface area contributed by atoms with Gasteiger partial charge in [-0.15, -0.1) is 0 Å². The molecule has 0 atom stereocenters. The topological polar surface area (TPSA) is 57.0 Å². The molecule has 80 valence electrons. The summed E-state index contributed by atoms with van der Waals surface area (Å²) in [6.45, 7) is 1.37. The minimum absolute atomic E-state index is 0.0751. The summed E-state index contributed by atoms with van der Waals surface area (Å²) >= 11 is 0. The minimum atomic E-state index is -0.0751. The molecule has 1 aromatic heterocycles. The molecule has 1 aliphatic rings. The van der Waals surface area contributed by atoms with Crippen LogP contribution in [0.2, 0.25) is 0 Å². The second-order valence-corrected chi connectivity index (χ2v) is 3.56. The van der Waals surface area contributed by atoms with Gasteiger partial charge in [0.25, 0.3) is 5.91 Å². The van der Waals surface area contributed by atoms with E-state index in [4.69, 9.17) is 5.26 Å². The highest BCUT2D eigenvalue weighted by atomic mass is 16.2. The first-order valence-electron chi connectivity index (χ1n) is 5.11. The maximum Gasteiger partial charge on any atom is 0.272 e. The van der Waals surface area contributed by atoms with Crippen LogP contribution in [0, 0.1) is 11.3 Å². The number of rotatable bonds is 1. The molecule has 4 nitrogen and oxygen atoms in total. The maximum absolute atomic E-state index is 11.9. The molecule has 2 heterocycles. The van der Waals surface area contributed by atoms with Gasteiger partial charge in [-0.05, 0) is 18.6 Å². The van der Waals surface area contributed by atoms with Gasteiger partial charge in [0.1, 0.15) is 11.8 Å². The summed E-state index contributed by atoms with van der Waals surface area (Å²) in [6.07, 6.45) is 6.36. The van der Waals surface area contributed by atoms with Crippen LogP contribution in [-0.4, -0.2) is 28.9 Å². The average molecular weight is 213 g/mol. The van der Waals surface area contributed by atoms with Crippen LogP contribution in [0.3, 0.4) is 0 Å². The number of carbonyl (C=O) groups excluding carboxylic acids is 1. The maximum atomic E-state index is 11.9. The molecule has 0 saturated carbocycles. The minimum Gasteiger partial charge on any atom is -0.333 e. The summed E-state index contributed by atoms with van der Waals surface area (Å²) in [4.78, 5) is 17.7. The van der Waals surface area contributed by atoms with Crippen LogP contribution in [0.5, 0.6) is 0 Å². The van der Waals surface area contributed by atoms with Crippen LogP contribution in [-0.2, 0) is 0 Å². The van der Waals surface area contributed by atoms with Gasteiger partial charge in [0.2, 0.25) is 0 Å². The van der Waals surface area contributed by atoms with Gasteiger partial charge in [0, 0.05) is 19.3 Å². The van der Waals surface area contributed by atoms with Gasteiger partial charge in [-0.1, -0.05) is 12.2 Å². The van der Waals surface area contributed by atoms with Crippen LogP contribution in [0.4, 0.5) is 0 Å². The molecule has 1 aliphatic heterocycles. The molecule has 0 fully saturated rings. The lowest BCUT2D eigenvalue weighted by atomic mass is 10.2. The molecule has 16 heavy (non-hydrogen) atoms. The Morgan fingerprint density at radius 2 is 2.31 bits per heavy atom. The third-order valence-corrected chi connectivity index (χ3v) is 2.46. The SMILES string of the molecule is N#Cc1ccc(C(=O)N2CC=CCC2)nc1. The molecule has 0 bridgehead atoms. The number of hydrogen-bond acceptors (Lipinski definition) is 3. The molecular weight excluding hydrogens is 202 g/mol. The number of amides is 1. The summed E-state index contributed by atoms with van der Waals surface area (Å²) in [5.74, 6) is -0.0751. The van der Waals surface area contributed by atoms with E-state index in [-0.39, 0.29) is 5.91 Å². The summed E-state index contributed by atoms with van der Waals surface area (Å²) < 4.78 is 0. The Morgan fingerprint density at radius 3 is 2.88 bits per heavy atom. The lowest BCUT2D eigenvalue weighted by Crippen LogP contribution is -2.34. The van der Waals surface area contributed by atoms with Crippen LogP contribution in [0.25, 0.3) is 0 Å². The number of hydrogen-bond donors (Lipinski definition) is 0. The van der Waals surface area contributed by atoms with E-state index in [0.29, 0.717) is 17.8 Å². The third kappa shape index (κ3) is 2.09. The quantitative estimate of drug-likeness (QED) is 0.662. The normalized spacial score (nSPS) is 14.6. The number of nitrogens with zero attached hydrogens (tertiary/aromatic N) is 3. The summed E-state index contributed by atoms with van der Waals surface area (Å²) in [5.41, 5.74) is 0.865.